The molecule has 1 aliphatic rings. The molecule has 5 nitrogen and oxygen atoms in total. The van der Waals surface area contributed by atoms with Crippen LogP contribution in [0.1, 0.15) is 27.8 Å². The Morgan fingerprint density at radius 1 is 0.862 bits per heavy atom. The van der Waals surface area contributed by atoms with Gasteiger partial charge in [0.1, 0.15) is 16.4 Å². The van der Waals surface area contributed by atoms with Crippen molar-refractivity contribution in [3.05, 3.63) is 88.0 Å². The minimum absolute atomic E-state index is 0.129. The summed E-state index contributed by atoms with van der Waals surface area (Å²) < 4.78 is 59.3. The van der Waals surface area contributed by atoms with Crippen LogP contribution < -0.4 is 0 Å². The highest BCUT2D eigenvalue weighted by atomic mass is 32.2. The van der Waals surface area contributed by atoms with Crippen molar-refractivity contribution >= 4 is 10.1 Å². The molecule has 0 saturated carbocycles. The number of phenolic OH excluding ortho intramolecular Hbond substituents is 2. The van der Waals surface area contributed by atoms with E-state index in [2.05, 4.69) is 0 Å². The molecule has 0 bridgehead atoms. The Morgan fingerprint density at radius 2 is 1.38 bits per heavy atom. The molecule has 0 spiro atoms. The van der Waals surface area contributed by atoms with E-state index in [1.54, 1.807) is 26.0 Å². The van der Waals surface area contributed by atoms with E-state index < -0.39 is 32.2 Å². The number of aromatic hydroxyl groups is 2. The number of hydrogen-bond acceptors (Lipinski definition) is 5. The summed E-state index contributed by atoms with van der Waals surface area (Å²) in [5.74, 6) is -3.13. The molecule has 0 aromatic heterocycles. The maximum atomic E-state index is 14.5. The molecule has 3 aromatic carbocycles. The predicted molar refractivity (Wildman–Crippen MR) is 100 cm³/mol. The third-order valence-electron chi connectivity index (χ3n) is 5.15. The van der Waals surface area contributed by atoms with Gasteiger partial charge in [-0.1, -0.05) is 30.3 Å². The minimum Gasteiger partial charge on any atom is -0.508 e. The van der Waals surface area contributed by atoms with E-state index in [1.807, 2.05) is 0 Å². The fraction of sp³-hybridized carbons (Fsp3) is 0.143. The topological polar surface area (TPSA) is 83.8 Å². The minimum atomic E-state index is -4.69. The molecule has 0 radical (unpaired) electrons. The molecule has 3 aromatic rings. The van der Waals surface area contributed by atoms with Crippen LogP contribution in [0.2, 0.25) is 0 Å². The molecule has 29 heavy (non-hydrogen) atoms. The quantitative estimate of drug-likeness (QED) is 0.615. The molecule has 2 N–H and O–H groups in total. The fourth-order valence-corrected chi connectivity index (χ4v) is 5.03. The molecule has 8 heteroatoms. The number of fused-ring (bicyclic) bond motifs is 1. The van der Waals surface area contributed by atoms with Crippen molar-refractivity contribution in [2.24, 2.45) is 0 Å². The van der Waals surface area contributed by atoms with Gasteiger partial charge in [-0.25, -0.2) is 13.0 Å². The van der Waals surface area contributed by atoms with E-state index in [0.717, 1.165) is 12.1 Å². The predicted octanol–water partition coefficient (Wildman–Crippen LogP) is 4.00. The molecule has 1 heterocycles. The Morgan fingerprint density at radius 3 is 1.86 bits per heavy atom. The fourth-order valence-electron chi connectivity index (χ4n) is 3.54. The second-order valence-electron chi connectivity index (χ2n) is 6.96. The van der Waals surface area contributed by atoms with Gasteiger partial charge >= 0.3 is 10.1 Å². The molecule has 0 atom stereocenters. The summed E-state index contributed by atoms with van der Waals surface area (Å²) in [5, 5.41) is 20.4. The van der Waals surface area contributed by atoms with Crippen LogP contribution in [0, 0.1) is 25.5 Å². The van der Waals surface area contributed by atoms with Crippen LogP contribution in [-0.4, -0.2) is 18.6 Å². The van der Waals surface area contributed by atoms with E-state index in [-0.39, 0.29) is 28.2 Å². The number of halogens is 2. The SMILES string of the molecule is Cc1ccc(C2(c3ccc(C)c(O)c3)OS(=O)(=O)c3c2ccc(F)c3F)cc1O. The van der Waals surface area contributed by atoms with Gasteiger partial charge < -0.3 is 10.2 Å². The molecule has 0 saturated heterocycles. The maximum Gasteiger partial charge on any atom is 0.301 e. The van der Waals surface area contributed by atoms with Crippen molar-refractivity contribution in [3.63, 3.8) is 0 Å². The summed E-state index contributed by atoms with van der Waals surface area (Å²) in [7, 11) is -4.69. The monoisotopic (exact) mass is 418 g/mol. The van der Waals surface area contributed by atoms with Gasteiger partial charge in [-0.05, 0) is 54.3 Å². The first kappa shape index (κ1) is 19.4. The summed E-state index contributed by atoms with van der Waals surface area (Å²) in [6.45, 7) is 3.30. The van der Waals surface area contributed by atoms with E-state index in [9.17, 15) is 27.4 Å². The first-order valence-corrected chi connectivity index (χ1v) is 10.0. The highest BCUT2D eigenvalue weighted by Gasteiger charge is 2.53. The molecular weight excluding hydrogens is 402 g/mol. The molecule has 4 rings (SSSR count). The third-order valence-corrected chi connectivity index (χ3v) is 6.51. The highest BCUT2D eigenvalue weighted by molar-refractivity contribution is 7.87. The second kappa shape index (κ2) is 6.27. The molecule has 150 valence electrons. The van der Waals surface area contributed by atoms with Crippen molar-refractivity contribution in [1.82, 2.24) is 0 Å². The first-order chi connectivity index (χ1) is 13.6. The van der Waals surface area contributed by atoms with Crippen LogP contribution in [0.25, 0.3) is 0 Å². The average Bonchev–Trinajstić information content (AvgIpc) is 2.91. The van der Waals surface area contributed by atoms with E-state index >= 15 is 0 Å². The Kier molecular flexibility index (Phi) is 4.18. The van der Waals surface area contributed by atoms with Gasteiger partial charge in [-0.2, -0.15) is 8.42 Å². The molecule has 0 fully saturated rings. The second-order valence-corrected chi connectivity index (χ2v) is 8.44. The summed E-state index contributed by atoms with van der Waals surface area (Å²) in [6, 6.07) is 10.7. The summed E-state index contributed by atoms with van der Waals surface area (Å²) in [5.41, 5.74) is -0.652. The maximum absolute atomic E-state index is 14.5. The van der Waals surface area contributed by atoms with Crippen LogP contribution in [0.15, 0.2) is 53.4 Å². The Bertz CT molecular complexity index is 1220. The molecule has 1 aliphatic heterocycles. The first-order valence-electron chi connectivity index (χ1n) is 8.62. The van der Waals surface area contributed by atoms with Gasteiger partial charge in [-0.15, -0.1) is 0 Å². The van der Waals surface area contributed by atoms with Crippen molar-refractivity contribution in [3.8, 4) is 11.5 Å². The van der Waals surface area contributed by atoms with Crippen LogP contribution in [-0.2, 0) is 19.9 Å². The van der Waals surface area contributed by atoms with Crippen LogP contribution in [0.5, 0.6) is 11.5 Å². The summed E-state index contributed by atoms with van der Waals surface area (Å²) in [4.78, 5) is -0.905. The van der Waals surface area contributed by atoms with Gasteiger partial charge in [0.25, 0.3) is 0 Å². The normalized spacial score (nSPS) is 16.6. The molecule has 0 aliphatic carbocycles. The van der Waals surface area contributed by atoms with Gasteiger partial charge in [0.2, 0.25) is 0 Å². The third kappa shape index (κ3) is 2.71. The Balaban J connectivity index is 2.16. The van der Waals surface area contributed by atoms with Crippen molar-refractivity contribution in [1.29, 1.82) is 0 Å². The summed E-state index contributed by atoms with van der Waals surface area (Å²) >= 11 is 0. The van der Waals surface area contributed by atoms with Gasteiger partial charge in [0, 0.05) is 5.56 Å². The lowest BCUT2D eigenvalue weighted by atomic mass is 9.79. The Labute approximate surface area is 166 Å². The zero-order valence-electron chi connectivity index (χ0n) is 15.4. The number of hydrogen-bond donors (Lipinski definition) is 2. The number of aryl methyl sites for hydroxylation is 2. The smallest absolute Gasteiger partial charge is 0.301 e. The van der Waals surface area contributed by atoms with Crippen LogP contribution in [0.3, 0.4) is 0 Å². The zero-order valence-corrected chi connectivity index (χ0v) is 16.2. The molecule has 0 amide bonds. The van der Waals surface area contributed by atoms with Crippen molar-refractivity contribution in [2.45, 2.75) is 24.3 Å². The van der Waals surface area contributed by atoms with Gasteiger partial charge in [-0.3, -0.25) is 0 Å². The average molecular weight is 418 g/mol. The number of rotatable bonds is 2. The lowest BCUT2D eigenvalue weighted by Crippen LogP contribution is -2.29. The summed E-state index contributed by atoms with van der Waals surface area (Å²) in [6.07, 6.45) is 0. The highest BCUT2D eigenvalue weighted by Crippen LogP contribution is 2.52. The van der Waals surface area contributed by atoms with E-state index in [4.69, 9.17) is 4.18 Å². The van der Waals surface area contributed by atoms with Gasteiger partial charge in [0.15, 0.2) is 17.2 Å². The van der Waals surface area contributed by atoms with Gasteiger partial charge in [0.05, 0.1) is 0 Å². The van der Waals surface area contributed by atoms with Crippen molar-refractivity contribution < 1.29 is 31.6 Å². The van der Waals surface area contributed by atoms with E-state index in [1.165, 1.54) is 24.3 Å². The largest absolute Gasteiger partial charge is 0.508 e. The van der Waals surface area contributed by atoms with Crippen molar-refractivity contribution in [2.75, 3.05) is 0 Å². The van der Waals surface area contributed by atoms with Crippen LogP contribution in [0.4, 0.5) is 8.78 Å². The Hall–Kier alpha value is -2.97. The number of phenols is 2. The van der Waals surface area contributed by atoms with Crippen LogP contribution >= 0.6 is 0 Å². The number of benzene rings is 3. The molecule has 0 unspecified atom stereocenters. The standard InChI is InChI=1S/C21H16F2O5S/c1-11-3-5-13(9-17(11)24)21(14-6-4-12(2)18(25)10-14)15-7-8-16(22)19(23)20(15)29(26,27)28-21/h3-10,24-25H,1-2H3. The molecular formula is C21H16F2O5S. The zero-order chi connectivity index (χ0) is 21.1. The van der Waals surface area contributed by atoms with E-state index in [0.29, 0.717) is 11.1 Å². The lowest BCUT2D eigenvalue weighted by molar-refractivity contribution is 0.179. The lowest BCUT2D eigenvalue weighted by Gasteiger charge is -2.30.